The van der Waals surface area contributed by atoms with Gasteiger partial charge < -0.3 is 38.8 Å². The second kappa shape index (κ2) is 81.6. The first-order chi connectivity index (χ1) is 26.4. The average molecular weight is 1480 g/mol. The van der Waals surface area contributed by atoms with Crippen LogP contribution in [0.2, 0.25) is 0 Å². The van der Waals surface area contributed by atoms with E-state index >= 15 is 0 Å². The predicted molar refractivity (Wildman–Crippen MR) is 288 cm³/mol. The zero-order valence-electron chi connectivity index (χ0n) is 38.1. The van der Waals surface area contributed by atoms with Crippen LogP contribution < -0.4 is 0 Å². The number of rotatable bonds is 11. The molecule has 0 saturated heterocycles. The number of ketones is 2. The third kappa shape index (κ3) is 75.1. The summed E-state index contributed by atoms with van der Waals surface area (Å²) in [7, 11) is 0.242. The molecule has 0 spiro atoms. The van der Waals surface area contributed by atoms with E-state index in [1.54, 1.807) is 20.8 Å². The third-order valence-electron chi connectivity index (χ3n) is 6.88. The summed E-state index contributed by atoms with van der Waals surface area (Å²) in [5.41, 5.74) is 7.42. The van der Waals surface area contributed by atoms with Gasteiger partial charge in [0.25, 0.3) is 0 Å². The van der Waals surface area contributed by atoms with Gasteiger partial charge in [-0.05, 0) is 68.9 Å². The summed E-state index contributed by atoms with van der Waals surface area (Å²) in [6, 6.07) is 12.7. The Bertz CT molecular complexity index is 1220. The van der Waals surface area contributed by atoms with E-state index in [1.165, 1.54) is 87.8 Å². The van der Waals surface area contributed by atoms with E-state index in [4.69, 9.17) is 19.2 Å². The summed E-state index contributed by atoms with van der Waals surface area (Å²) < 4.78 is 7.52. The molecule has 2 aromatic carbocycles. The van der Waals surface area contributed by atoms with Crippen molar-refractivity contribution in [2.45, 2.75) is 124 Å². The number of benzene rings is 2. The van der Waals surface area contributed by atoms with Crippen LogP contribution >= 0.6 is 96.2 Å². The molecule has 4 rings (SSSR count). The summed E-state index contributed by atoms with van der Waals surface area (Å²) in [5, 5.41) is 0. The molecule has 0 amide bonds. The number of alkyl halides is 3. The Balaban J connectivity index is -0.0000000406. The molecule has 3 atom stereocenters. The molecule has 20 heteroatoms. The zero-order valence-corrected chi connectivity index (χ0v) is 54.8. The minimum Gasteiger partial charge on any atom is -0.545 e. The van der Waals surface area contributed by atoms with Crippen molar-refractivity contribution in [2.24, 2.45) is 0 Å². The molecule has 2 saturated carbocycles. The van der Waals surface area contributed by atoms with Crippen molar-refractivity contribution in [2.75, 3.05) is 0 Å². The molecule has 367 valence electrons. The van der Waals surface area contributed by atoms with E-state index < -0.39 is 0 Å². The number of halogens is 3. The van der Waals surface area contributed by atoms with Gasteiger partial charge in [-0.2, -0.15) is 19.8 Å². The summed E-state index contributed by atoms with van der Waals surface area (Å²) in [6.07, 6.45) is 17.5. The monoisotopic (exact) mass is 1480 g/mol. The Morgan fingerprint density at radius 1 is 0.547 bits per heavy atom. The smallest absolute Gasteiger partial charge is 0.545 e. The van der Waals surface area contributed by atoms with E-state index in [9.17, 15) is 19.2 Å². The zero-order chi connectivity index (χ0) is 43.5. The molecule has 0 bridgehead atoms. The fraction of sp³-hybridized carbons (Fsp3) is 0.455. The number of Topliss-reactive ketones (excluding diaryl/α,β-unsaturated/α-hetero) is 2. The van der Waals surface area contributed by atoms with Crippen LogP contribution in [0.25, 0.3) is 0 Å². The van der Waals surface area contributed by atoms with E-state index in [-0.39, 0.29) is 156 Å². The summed E-state index contributed by atoms with van der Waals surface area (Å²) in [5.74, 6) is -0.134. The van der Waals surface area contributed by atoms with Crippen LogP contribution in [0.15, 0.2) is 49.2 Å². The van der Waals surface area contributed by atoms with E-state index in [0.29, 0.717) is 19.0 Å². The Morgan fingerprint density at radius 3 is 0.922 bits per heavy atom. The molecule has 64 heavy (non-hydrogen) atoms. The van der Waals surface area contributed by atoms with Gasteiger partial charge >= 0.3 is 40.1 Å². The second-order valence-electron chi connectivity index (χ2n) is 11.7. The van der Waals surface area contributed by atoms with Crippen molar-refractivity contribution in [3.05, 3.63) is 97.5 Å². The molecule has 9 nitrogen and oxygen atoms in total. The van der Waals surface area contributed by atoms with Crippen LogP contribution in [0.3, 0.4) is 0 Å². The minimum absolute atomic E-state index is 0. The quantitative estimate of drug-likeness (QED) is 0.0314. The van der Waals surface area contributed by atoms with Crippen LogP contribution in [0.1, 0.15) is 125 Å². The molecule has 2 aliphatic carbocycles. The van der Waals surface area contributed by atoms with Crippen LogP contribution in [-0.4, -0.2) is 50.2 Å². The van der Waals surface area contributed by atoms with Crippen LogP contribution in [0.5, 0.6) is 0 Å². The number of carbonyl (C=O) groups is 4. The Kier molecular flexibility index (Phi) is 131. The Hall–Kier alpha value is 1.61. The summed E-state index contributed by atoms with van der Waals surface area (Å²) in [6.45, 7) is 22.2. The van der Waals surface area contributed by atoms with Crippen molar-refractivity contribution < 1.29 is 133 Å². The molecule has 0 N–H and O–H groups in total. The first kappa shape index (κ1) is 103. The maximum atomic E-state index is 11.2. The topological polar surface area (TPSA) is 146 Å². The predicted octanol–water partition coefficient (Wildman–Crippen LogP) is 11.7. The van der Waals surface area contributed by atoms with E-state index in [0.717, 1.165) is 36.2 Å². The van der Waals surface area contributed by atoms with Crippen LogP contribution in [-0.2, 0) is 165 Å². The van der Waals surface area contributed by atoms with E-state index in [2.05, 4.69) is 124 Å². The molecule has 3 radical (unpaired) electrons. The van der Waals surface area contributed by atoms with Crippen LogP contribution in [0.4, 0.5) is 0 Å². The largest absolute Gasteiger partial charge is 4.00 e. The standard InChI is InChI=1S/C15H19O3P.C9H9I3.2C5H10.C4H6O2.4CHO.2CH3.2Fe.2H3P.3V/c1-10(16)4-13-6-14(5-11(2)17)8-15(7-13)9-19-12(3)18;10-4-7-1-8(5-11)3-9(2-7)6-12;2*1-2-4-5-3-1;1-3-6-4(2)5;4*1-2;;;;;;;;;/h6-8,19H,4-5,9H2,1-3H3;1-3H,4-6H2;2*1-5H2;3H,1H2,2H3;4*1H;2*1H3;;;2*1H3;;;/q;;;;;6*-1;+2;+4;;;;;. The van der Waals surface area contributed by atoms with Crippen molar-refractivity contribution in [1.82, 2.24) is 0 Å². The van der Waals surface area contributed by atoms with E-state index in [1.807, 2.05) is 18.2 Å². The fourth-order valence-electron chi connectivity index (χ4n) is 4.90. The van der Waals surface area contributed by atoms with Gasteiger partial charge in [-0.3, -0.25) is 46.3 Å². The molecular formula is C44H70Fe2I3O9P3V3. The van der Waals surface area contributed by atoms with Gasteiger partial charge in [-0.1, -0.05) is 175 Å². The summed E-state index contributed by atoms with van der Waals surface area (Å²) in [4.78, 5) is 74.2. The third-order valence-corrected chi connectivity index (χ3v) is 10.6. The van der Waals surface area contributed by atoms with Crippen molar-refractivity contribution >= 4 is 146 Å². The summed E-state index contributed by atoms with van der Waals surface area (Å²) >= 11 is 7.24. The Morgan fingerprint density at radius 2 is 0.766 bits per heavy atom. The number of esters is 1. The van der Waals surface area contributed by atoms with Gasteiger partial charge in [0.1, 0.15) is 17.1 Å². The van der Waals surface area contributed by atoms with Gasteiger partial charge in [-0.15, -0.1) is 0 Å². The Labute approximate surface area is 494 Å². The van der Waals surface area contributed by atoms with Gasteiger partial charge in [0.15, 0.2) is 0 Å². The molecule has 0 aromatic heterocycles. The second-order valence-corrected chi connectivity index (χ2v) is 15.4. The van der Waals surface area contributed by atoms with Gasteiger partial charge in [0.2, 0.25) is 0 Å². The number of ether oxygens (including phenoxy) is 1. The molecule has 3 unspecified atom stereocenters. The number of hydrogen-bond donors (Lipinski definition) is 0. The molecule has 2 aromatic rings. The SMILES string of the molecule is C1CCCC1.C1CCCC1.C=COC(C)=O.CC(=O)Cc1cc(CPC(C)=O)cc(CC(C)=O)c1.ICc1cc(CI)cc(CI)c1.P.P.[CH-]=O.[CH-]=O.[CH-]=O.[CH-]=O.[CH3-].[CH3-].[Fe+2].[Fe+4].[V].[V].[V]. The fourth-order valence-corrected chi connectivity index (χ4v) is 6.88. The molecule has 2 aliphatic rings. The molecule has 0 aliphatic heterocycles. The first-order valence-electron chi connectivity index (χ1n) is 17.3. The maximum absolute atomic E-state index is 11.2. The average Bonchev–Trinajstić information content (AvgIpc) is 3.98. The molecule has 2 fully saturated rings. The minimum atomic E-state index is -0.329. The van der Waals surface area contributed by atoms with Crippen LogP contribution in [0, 0.1) is 14.9 Å². The van der Waals surface area contributed by atoms with Gasteiger partial charge in [0.05, 0.1) is 6.26 Å². The van der Waals surface area contributed by atoms with Crippen molar-refractivity contribution in [3.63, 3.8) is 0 Å². The van der Waals surface area contributed by atoms with Crippen molar-refractivity contribution in [1.29, 1.82) is 0 Å². The number of hydrogen-bond acceptors (Lipinski definition) is 9. The molecule has 0 heterocycles. The number of carbonyl (C=O) groups excluding carboxylic acids is 8. The normalized spacial score (nSPS) is 9.80. The maximum Gasteiger partial charge on any atom is 4.00 e. The van der Waals surface area contributed by atoms with Gasteiger partial charge in [-0.25, -0.2) is 0 Å². The molecular weight excluding hydrogens is 1410 g/mol. The van der Waals surface area contributed by atoms with Gasteiger partial charge in [0, 0.05) is 88.7 Å². The first-order valence-corrected chi connectivity index (χ1v) is 23.1. The van der Waals surface area contributed by atoms with Crippen molar-refractivity contribution in [3.8, 4) is 0 Å².